The minimum Gasteiger partial charge on any atom is -0.503 e. The molecule has 0 fully saturated rings. The summed E-state index contributed by atoms with van der Waals surface area (Å²) in [5.41, 5.74) is 4.00. The fourth-order valence-corrected chi connectivity index (χ4v) is 2.61. The number of aromatic amines is 1. The Balaban J connectivity index is 1.81. The Kier molecular flexibility index (Phi) is 5.81. The van der Waals surface area contributed by atoms with E-state index in [9.17, 15) is 9.90 Å². The lowest BCUT2D eigenvalue weighted by atomic mass is 10.1. The van der Waals surface area contributed by atoms with Crippen LogP contribution in [0.1, 0.15) is 5.56 Å². The Morgan fingerprint density at radius 3 is 2.61 bits per heavy atom. The smallest absolute Gasteiger partial charge is 0.252 e. The van der Waals surface area contributed by atoms with Gasteiger partial charge in [0.25, 0.3) is 5.56 Å². The maximum Gasteiger partial charge on any atom is 0.252 e. The third-order valence-electron chi connectivity index (χ3n) is 3.83. The summed E-state index contributed by atoms with van der Waals surface area (Å²) < 4.78 is 10.1. The van der Waals surface area contributed by atoms with Crippen molar-refractivity contribution in [3.63, 3.8) is 0 Å². The number of aromatic nitrogens is 2. The first-order chi connectivity index (χ1) is 13.5. The first-order valence-corrected chi connectivity index (χ1v) is 8.50. The molecule has 0 radical (unpaired) electrons. The molecule has 1 heterocycles. The number of hydrogen-bond donors (Lipinski definition) is 3. The lowest BCUT2D eigenvalue weighted by molar-refractivity contribution is 0.373. The summed E-state index contributed by atoms with van der Waals surface area (Å²) in [7, 11) is 3.01. The number of anilines is 1. The highest BCUT2D eigenvalue weighted by molar-refractivity contribution is 6.34. The zero-order chi connectivity index (χ0) is 20.1. The minimum absolute atomic E-state index is 0.0957. The van der Waals surface area contributed by atoms with Crippen LogP contribution in [-0.4, -0.2) is 35.5 Å². The number of benzene rings is 2. The summed E-state index contributed by atoms with van der Waals surface area (Å²) >= 11 is 6.08. The van der Waals surface area contributed by atoms with E-state index in [1.54, 1.807) is 43.5 Å². The summed E-state index contributed by atoms with van der Waals surface area (Å²) in [5, 5.41) is 14.0. The van der Waals surface area contributed by atoms with Crippen LogP contribution in [0.3, 0.4) is 0 Å². The molecule has 0 aliphatic heterocycles. The summed E-state index contributed by atoms with van der Waals surface area (Å²) in [6.45, 7) is 0. The molecule has 2 aromatic carbocycles. The van der Waals surface area contributed by atoms with Crippen LogP contribution in [0.15, 0.2) is 52.4 Å². The fraction of sp³-hybridized carbons (Fsp3) is 0.105. The van der Waals surface area contributed by atoms with Crippen molar-refractivity contribution in [3.8, 4) is 28.5 Å². The van der Waals surface area contributed by atoms with Crippen molar-refractivity contribution < 1.29 is 14.6 Å². The largest absolute Gasteiger partial charge is 0.503 e. The van der Waals surface area contributed by atoms with Gasteiger partial charge in [0.1, 0.15) is 5.75 Å². The Morgan fingerprint density at radius 1 is 1.18 bits per heavy atom. The molecule has 3 rings (SSSR count). The van der Waals surface area contributed by atoms with Gasteiger partial charge in [-0.25, -0.2) is 10.4 Å². The van der Waals surface area contributed by atoms with Crippen LogP contribution in [0.5, 0.6) is 17.2 Å². The van der Waals surface area contributed by atoms with Crippen LogP contribution in [0.4, 0.5) is 5.95 Å². The van der Waals surface area contributed by atoms with Gasteiger partial charge in [-0.1, -0.05) is 11.6 Å². The van der Waals surface area contributed by atoms with E-state index in [1.165, 1.54) is 19.4 Å². The van der Waals surface area contributed by atoms with Gasteiger partial charge in [-0.05, 0) is 36.4 Å². The van der Waals surface area contributed by atoms with E-state index < -0.39 is 0 Å². The van der Waals surface area contributed by atoms with Crippen molar-refractivity contribution in [1.82, 2.24) is 9.97 Å². The quantitative estimate of drug-likeness (QED) is 0.433. The molecule has 0 amide bonds. The number of nitrogens with zero attached hydrogens (tertiary/aromatic N) is 2. The van der Waals surface area contributed by atoms with Crippen molar-refractivity contribution >= 4 is 23.8 Å². The van der Waals surface area contributed by atoms with E-state index in [1.807, 2.05) is 0 Å². The average Bonchev–Trinajstić information content (AvgIpc) is 2.71. The molecule has 0 unspecified atom stereocenters. The van der Waals surface area contributed by atoms with Gasteiger partial charge >= 0.3 is 0 Å². The number of hydrazone groups is 1. The van der Waals surface area contributed by atoms with E-state index in [2.05, 4.69) is 20.5 Å². The topological polar surface area (TPSA) is 109 Å². The van der Waals surface area contributed by atoms with E-state index in [4.69, 9.17) is 21.1 Å². The normalized spacial score (nSPS) is 10.8. The molecule has 0 spiro atoms. The van der Waals surface area contributed by atoms with E-state index in [-0.39, 0.29) is 28.0 Å². The van der Waals surface area contributed by atoms with Gasteiger partial charge in [0, 0.05) is 17.2 Å². The van der Waals surface area contributed by atoms with Crippen LogP contribution in [0.2, 0.25) is 5.02 Å². The maximum absolute atomic E-state index is 11.9. The SMILES string of the molecule is COc1ccc(-c2cc(=O)[nH]c(N/N=C\c3ccc(OC)c(O)c3Cl)n2)cc1. The lowest BCUT2D eigenvalue weighted by Gasteiger charge is -2.07. The van der Waals surface area contributed by atoms with Gasteiger partial charge in [0.15, 0.2) is 11.5 Å². The van der Waals surface area contributed by atoms with Gasteiger partial charge in [0.2, 0.25) is 5.95 Å². The Hall–Kier alpha value is -3.52. The third kappa shape index (κ3) is 4.24. The number of halogens is 1. The number of phenols is 1. The second-order valence-corrected chi connectivity index (χ2v) is 5.98. The summed E-state index contributed by atoms with van der Waals surface area (Å²) in [5.74, 6) is 0.939. The van der Waals surface area contributed by atoms with Crippen molar-refractivity contribution in [2.45, 2.75) is 0 Å². The number of hydrogen-bond acceptors (Lipinski definition) is 7. The van der Waals surface area contributed by atoms with Crippen LogP contribution >= 0.6 is 11.6 Å². The summed E-state index contributed by atoms with van der Waals surface area (Å²) in [4.78, 5) is 18.8. The van der Waals surface area contributed by atoms with Crippen LogP contribution in [0.25, 0.3) is 11.3 Å². The second kappa shape index (κ2) is 8.45. The van der Waals surface area contributed by atoms with E-state index in [0.29, 0.717) is 17.0 Å². The molecule has 8 nitrogen and oxygen atoms in total. The molecule has 0 bridgehead atoms. The second-order valence-electron chi connectivity index (χ2n) is 5.60. The molecule has 9 heteroatoms. The number of aromatic hydroxyl groups is 1. The number of rotatable bonds is 6. The van der Waals surface area contributed by atoms with Gasteiger partial charge < -0.3 is 14.6 Å². The van der Waals surface area contributed by atoms with Crippen molar-refractivity contribution in [1.29, 1.82) is 0 Å². The zero-order valence-electron chi connectivity index (χ0n) is 15.1. The Morgan fingerprint density at radius 2 is 1.93 bits per heavy atom. The van der Waals surface area contributed by atoms with Gasteiger partial charge in [-0.3, -0.25) is 9.78 Å². The van der Waals surface area contributed by atoms with Crippen molar-refractivity contribution in [2.75, 3.05) is 19.6 Å². The molecule has 3 N–H and O–H groups in total. The molecular weight excluding hydrogens is 384 g/mol. The Labute approximate surface area is 165 Å². The van der Waals surface area contributed by atoms with Crippen LogP contribution < -0.4 is 20.5 Å². The number of phenolic OH excluding ortho intramolecular Hbond substituents is 1. The fourth-order valence-electron chi connectivity index (χ4n) is 2.41. The molecule has 0 aliphatic carbocycles. The first kappa shape index (κ1) is 19.2. The number of methoxy groups -OCH3 is 2. The summed E-state index contributed by atoms with van der Waals surface area (Å²) in [6.07, 6.45) is 1.39. The highest BCUT2D eigenvalue weighted by Crippen LogP contribution is 2.35. The highest BCUT2D eigenvalue weighted by Gasteiger charge is 2.10. The van der Waals surface area contributed by atoms with Crippen molar-refractivity contribution in [2.24, 2.45) is 5.10 Å². The molecule has 1 aromatic heterocycles. The molecule has 144 valence electrons. The standard InChI is InChI=1S/C19H17ClN4O4/c1-27-13-6-3-11(4-7-13)14-9-16(25)23-19(22-14)24-21-10-12-5-8-15(28-2)18(26)17(12)20/h3-10,26H,1-2H3,(H2,22,23,24,25)/b21-10-. The van der Waals surface area contributed by atoms with Gasteiger partial charge in [0.05, 0.1) is 31.2 Å². The van der Waals surface area contributed by atoms with Crippen LogP contribution in [-0.2, 0) is 0 Å². The molecule has 3 aromatic rings. The molecule has 0 saturated carbocycles. The molecular formula is C19H17ClN4O4. The third-order valence-corrected chi connectivity index (χ3v) is 4.23. The monoisotopic (exact) mass is 400 g/mol. The minimum atomic E-state index is -0.335. The zero-order valence-corrected chi connectivity index (χ0v) is 15.8. The first-order valence-electron chi connectivity index (χ1n) is 8.12. The molecule has 0 aliphatic rings. The predicted molar refractivity (Wildman–Crippen MR) is 108 cm³/mol. The van der Waals surface area contributed by atoms with Gasteiger partial charge in [-0.2, -0.15) is 5.10 Å². The van der Waals surface area contributed by atoms with E-state index >= 15 is 0 Å². The predicted octanol–water partition coefficient (Wildman–Crippen LogP) is 3.26. The lowest BCUT2D eigenvalue weighted by Crippen LogP contribution is -2.10. The number of ether oxygens (including phenoxy) is 2. The molecule has 0 saturated heterocycles. The Bertz CT molecular complexity index is 1060. The molecule has 28 heavy (non-hydrogen) atoms. The number of H-pyrrole nitrogens is 1. The van der Waals surface area contributed by atoms with Crippen LogP contribution in [0, 0.1) is 0 Å². The van der Waals surface area contributed by atoms with E-state index in [0.717, 1.165) is 5.56 Å². The van der Waals surface area contributed by atoms with Gasteiger partial charge in [-0.15, -0.1) is 0 Å². The average molecular weight is 401 g/mol. The maximum atomic E-state index is 11.9. The number of nitrogens with one attached hydrogen (secondary N) is 2. The summed E-state index contributed by atoms with van der Waals surface area (Å²) in [6, 6.07) is 11.7. The van der Waals surface area contributed by atoms with Crippen molar-refractivity contribution in [3.05, 3.63) is 63.4 Å². The molecule has 0 atom stereocenters. The highest BCUT2D eigenvalue weighted by atomic mass is 35.5.